The maximum Gasteiger partial charge on any atom is 0.170 e. The Hall–Kier alpha value is -1.92. The molecule has 1 unspecified atom stereocenters. The zero-order valence-electron chi connectivity index (χ0n) is 15.1. The van der Waals surface area contributed by atoms with Crippen molar-refractivity contribution in [2.45, 2.75) is 46.3 Å². The first-order valence-corrected chi connectivity index (χ1v) is 9.20. The number of benzene rings is 1. The number of aromatic nitrogens is 2. The van der Waals surface area contributed by atoms with Crippen LogP contribution in [0.2, 0.25) is 0 Å². The van der Waals surface area contributed by atoms with Gasteiger partial charge in [-0.3, -0.25) is 4.68 Å². The van der Waals surface area contributed by atoms with Gasteiger partial charge in [0.05, 0.1) is 29.7 Å². The van der Waals surface area contributed by atoms with Gasteiger partial charge in [0.25, 0.3) is 0 Å². The summed E-state index contributed by atoms with van der Waals surface area (Å²) in [5.41, 5.74) is 5.57. The smallest absolute Gasteiger partial charge is 0.170 e. The van der Waals surface area contributed by atoms with E-state index in [9.17, 15) is 0 Å². The van der Waals surface area contributed by atoms with Gasteiger partial charge in [0.15, 0.2) is 5.11 Å². The lowest BCUT2D eigenvalue weighted by Gasteiger charge is -2.14. The molecule has 1 aliphatic rings. The van der Waals surface area contributed by atoms with Gasteiger partial charge in [-0.2, -0.15) is 5.10 Å². The molecule has 0 amide bonds. The van der Waals surface area contributed by atoms with E-state index in [4.69, 9.17) is 17.0 Å². The summed E-state index contributed by atoms with van der Waals surface area (Å²) in [6, 6.07) is 8.40. The molecule has 5 nitrogen and oxygen atoms in total. The Kier molecular flexibility index (Phi) is 5.71. The standard InChI is InChI=1S/C19H26N4OS/c1-13-7-4-5-8-16(13)12-23-15(3)18(14(2)22-23)21-19(25)20-11-17-9-6-10-24-17/h4-5,7-8,17H,6,9-12H2,1-3H3,(H2,20,21,25). The van der Waals surface area contributed by atoms with Crippen molar-refractivity contribution in [3.63, 3.8) is 0 Å². The number of nitrogens with zero attached hydrogens (tertiary/aromatic N) is 2. The van der Waals surface area contributed by atoms with E-state index in [1.807, 2.05) is 11.6 Å². The number of rotatable bonds is 5. The first-order valence-electron chi connectivity index (χ1n) is 8.79. The number of thiocarbonyl (C=S) groups is 1. The SMILES string of the molecule is Cc1ccccc1Cn1nc(C)c(NC(=S)NCC2CCCO2)c1C. The molecule has 1 aromatic carbocycles. The van der Waals surface area contributed by atoms with E-state index >= 15 is 0 Å². The van der Waals surface area contributed by atoms with Crippen molar-refractivity contribution in [2.75, 3.05) is 18.5 Å². The van der Waals surface area contributed by atoms with Gasteiger partial charge in [0.1, 0.15) is 0 Å². The number of anilines is 1. The first kappa shape index (κ1) is 17.9. The molecule has 3 rings (SSSR count). The highest BCUT2D eigenvalue weighted by atomic mass is 32.1. The molecule has 0 bridgehead atoms. The first-order chi connectivity index (χ1) is 12.0. The van der Waals surface area contributed by atoms with E-state index in [0.717, 1.165) is 49.6 Å². The van der Waals surface area contributed by atoms with Gasteiger partial charge in [-0.15, -0.1) is 0 Å². The summed E-state index contributed by atoms with van der Waals surface area (Å²) < 4.78 is 7.65. The fraction of sp³-hybridized carbons (Fsp3) is 0.474. The fourth-order valence-corrected chi connectivity index (χ4v) is 3.34. The molecule has 0 aliphatic carbocycles. The Bertz CT molecular complexity index is 750. The molecule has 2 heterocycles. The van der Waals surface area contributed by atoms with Crippen LogP contribution >= 0.6 is 12.2 Å². The van der Waals surface area contributed by atoms with Gasteiger partial charge in [-0.25, -0.2) is 0 Å². The topological polar surface area (TPSA) is 51.1 Å². The van der Waals surface area contributed by atoms with Crippen LogP contribution in [-0.4, -0.2) is 34.1 Å². The molecular formula is C19H26N4OS. The van der Waals surface area contributed by atoms with Gasteiger partial charge >= 0.3 is 0 Å². The Balaban J connectivity index is 1.65. The van der Waals surface area contributed by atoms with Crippen LogP contribution in [0.25, 0.3) is 0 Å². The Labute approximate surface area is 154 Å². The van der Waals surface area contributed by atoms with Gasteiger partial charge in [0, 0.05) is 13.2 Å². The number of ether oxygens (including phenoxy) is 1. The van der Waals surface area contributed by atoms with Gasteiger partial charge in [0.2, 0.25) is 0 Å². The predicted molar refractivity (Wildman–Crippen MR) is 105 cm³/mol. The van der Waals surface area contributed by atoms with Crippen molar-refractivity contribution in [1.29, 1.82) is 0 Å². The molecule has 2 N–H and O–H groups in total. The predicted octanol–water partition coefficient (Wildman–Crippen LogP) is 3.32. The van der Waals surface area contributed by atoms with Crippen LogP contribution in [0.5, 0.6) is 0 Å². The summed E-state index contributed by atoms with van der Waals surface area (Å²) in [4.78, 5) is 0. The minimum Gasteiger partial charge on any atom is -0.376 e. The van der Waals surface area contributed by atoms with E-state index in [2.05, 4.69) is 53.8 Å². The molecule has 2 aromatic rings. The monoisotopic (exact) mass is 358 g/mol. The molecule has 6 heteroatoms. The Morgan fingerprint density at radius 3 is 2.84 bits per heavy atom. The minimum absolute atomic E-state index is 0.269. The second-order valence-electron chi connectivity index (χ2n) is 6.60. The normalized spacial score (nSPS) is 16.8. The minimum atomic E-state index is 0.269. The van der Waals surface area contributed by atoms with Gasteiger partial charge in [-0.05, 0) is 57.0 Å². The van der Waals surface area contributed by atoms with Crippen LogP contribution in [0.15, 0.2) is 24.3 Å². The molecule has 1 saturated heterocycles. The molecule has 1 fully saturated rings. The lowest BCUT2D eigenvalue weighted by atomic mass is 10.1. The van der Waals surface area contributed by atoms with Crippen molar-refractivity contribution in [3.8, 4) is 0 Å². The highest BCUT2D eigenvalue weighted by Gasteiger charge is 2.17. The summed E-state index contributed by atoms with van der Waals surface area (Å²) in [6.07, 6.45) is 2.50. The molecule has 25 heavy (non-hydrogen) atoms. The molecule has 0 radical (unpaired) electrons. The second-order valence-corrected chi connectivity index (χ2v) is 7.01. The number of aryl methyl sites for hydroxylation is 2. The maximum absolute atomic E-state index is 5.62. The maximum atomic E-state index is 5.62. The van der Waals surface area contributed by atoms with Crippen molar-refractivity contribution in [3.05, 3.63) is 46.8 Å². The lowest BCUT2D eigenvalue weighted by Crippen LogP contribution is -2.35. The average Bonchev–Trinajstić information content (AvgIpc) is 3.19. The highest BCUT2D eigenvalue weighted by Crippen LogP contribution is 2.21. The summed E-state index contributed by atoms with van der Waals surface area (Å²) in [5, 5.41) is 11.9. The summed E-state index contributed by atoms with van der Waals surface area (Å²) in [7, 11) is 0. The third-order valence-corrected chi connectivity index (χ3v) is 4.96. The molecule has 134 valence electrons. The average molecular weight is 359 g/mol. The number of nitrogens with one attached hydrogen (secondary N) is 2. The molecule has 0 spiro atoms. The van der Waals surface area contributed by atoms with E-state index < -0.39 is 0 Å². The highest BCUT2D eigenvalue weighted by molar-refractivity contribution is 7.80. The molecule has 1 aromatic heterocycles. The van der Waals surface area contributed by atoms with Crippen molar-refractivity contribution in [2.24, 2.45) is 0 Å². The quantitative estimate of drug-likeness (QED) is 0.803. The van der Waals surface area contributed by atoms with E-state index in [1.165, 1.54) is 11.1 Å². The zero-order valence-corrected chi connectivity index (χ0v) is 15.9. The fourth-order valence-electron chi connectivity index (χ4n) is 3.15. The number of hydrogen-bond donors (Lipinski definition) is 2. The van der Waals surface area contributed by atoms with Crippen molar-refractivity contribution >= 4 is 23.0 Å². The van der Waals surface area contributed by atoms with E-state index in [-0.39, 0.29) is 6.10 Å². The van der Waals surface area contributed by atoms with Crippen molar-refractivity contribution < 1.29 is 4.74 Å². The van der Waals surface area contributed by atoms with Gasteiger partial charge < -0.3 is 15.4 Å². The van der Waals surface area contributed by atoms with Crippen LogP contribution in [0, 0.1) is 20.8 Å². The lowest BCUT2D eigenvalue weighted by molar-refractivity contribution is 0.114. The van der Waals surface area contributed by atoms with Gasteiger partial charge in [-0.1, -0.05) is 24.3 Å². The third-order valence-electron chi connectivity index (χ3n) is 4.72. The second kappa shape index (κ2) is 7.97. The third kappa shape index (κ3) is 4.38. The molecule has 1 atom stereocenters. The molecule has 1 aliphatic heterocycles. The van der Waals surface area contributed by atoms with Crippen LogP contribution < -0.4 is 10.6 Å². The molecular weight excluding hydrogens is 332 g/mol. The summed E-state index contributed by atoms with van der Waals surface area (Å²) in [6.45, 7) is 8.58. The van der Waals surface area contributed by atoms with E-state index in [1.54, 1.807) is 0 Å². The van der Waals surface area contributed by atoms with E-state index in [0.29, 0.717) is 5.11 Å². The Morgan fingerprint density at radius 1 is 1.32 bits per heavy atom. The number of hydrogen-bond acceptors (Lipinski definition) is 3. The van der Waals surface area contributed by atoms with Crippen LogP contribution in [0.3, 0.4) is 0 Å². The van der Waals surface area contributed by atoms with Crippen molar-refractivity contribution in [1.82, 2.24) is 15.1 Å². The largest absolute Gasteiger partial charge is 0.376 e. The van der Waals surface area contributed by atoms with Crippen LogP contribution in [0.1, 0.15) is 35.4 Å². The van der Waals surface area contributed by atoms with Crippen LogP contribution in [0.4, 0.5) is 5.69 Å². The summed E-state index contributed by atoms with van der Waals surface area (Å²) >= 11 is 5.43. The Morgan fingerprint density at radius 2 is 2.12 bits per heavy atom. The van der Waals surface area contributed by atoms with Crippen LogP contribution in [-0.2, 0) is 11.3 Å². The zero-order chi connectivity index (χ0) is 17.8. The molecule has 0 saturated carbocycles. The summed E-state index contributed by atoms with van der Waals surface area (Å²) in [5.74, 6) is 0.